The zero-order valence-corrected chi connectivity index (χ0v) is 15.2. The van der Waals surface area contributed by atoms with Crippen LogP contribution in [0.25, 0.3) is 0 Å². The summed E-state index contributed by atoms with van der Waals surface area (Å²) in [6.45, 7) is 7.42. The normalized spacial score (nSPS) is 12.4. The van der Waals surface area contributed by atoms with Gasteiger partial charge in [-0.3, -0.25) is 0 Å². The maximum Gasteiger partial charge on any atom is 0.159 e. The van der Waals surface area contributed by atoms with Gasteiger partial charge in [0.05, 0.1) is 9.26 Å². The second-order valence-corrected chi connectivity index (χ2v) is 5.96. The maximum absolute atomic E-state index is 5.55. The molecule has 0 saturated heterocycles. The lowest BCUT2D eigenvalue weighted by molar-refractivity contribution is 0.0875. The number of halogens is 1. The van der Waals surface area contributed by atoms with Crippen molar-refractivity contribution >= 4 is 28.4 Å². The second-order valence-electron chi connectivity index (χ2n) is 4.88. The van der Waals surface area contributed by atoms with E-state index in [1.54, 1.807) is 7.11 Å². The fourth-order valence-electron chi connectivity index (χ4n) is 2.03. The van der Waals surface area contributed by atoms with E-state index >= 15 is 0 Å². The third kappa shape index (κ3) is 4.84. The number of hydrogen-bond acceptors (Lipinski definition) is 4. The van der Waals surface area contributed by atoms with Crippen molar-refractivity contribution in [3.8, 4) is 0 Å². The molecular formula is C15H26IN3O. The number of methoxy groups -OCH3 is 1. The number of aryl methyl sites for hydroxylation is 1. The Hall–Kier alpha value is -0.430. The van der Waals surface area contributed by atoms with E-state index in [0.717, 1.165) is 59.6 Å². The minimum Gasteiger partial charge on any atom is -0.373 e. The van der Waals surface area contributed by atoms with Crippen molar-refractivity contribution in [2.75, 3.05) is 19.0 Å². The maximum atomic E-state index is 5.55. The highest BCUT2D eigenvalue weighted by Crippen LogP contribution is 2.25. The Morgan fingerprint density at radius 2 is 1.90 bits per heavy atom. The van der Waals surface area contributed by atoms with E-state index in [0.29, 0.717) is 0 Å². The molecule has 0 aliphatic carbocycles. The van der Waals surface area contributed by atoms with Crippen molar-refractivity contribution in [1.29, 1.82) is 0 Å². The number of anilines is 1. The van der Waals surface area contributed by atoms with Crippen LogP contribution in [0.15, 0.2) is 0 Å². The minimum absolute atomic E-state index is 0.00483. The third-order valence-electron chi connectivity index (χ3n) is 3.09. The fourth-order valence-corrected chi connectivity index (χ4v) is 2.74. The summed E-state index contributed by atoms with van der Waals surface area (Å²) in [5.41, 5.74) is 1.13. The number of aromatic nitrogens is 2. The molecule has 0 aliphatic rings. The molecule has 20 heavy (non-hydrogen) atoms. The zero-order chi connectivity index (χ0) is 15.0. The van der Waals surface area contributed by atoms with E-state index in [1.165, 1.54) is 0 Å². The van der Waals surface area contributed by atoms with E-state index in [9.17, 15) is 0 Å². The first-order chi connectivity index (χ1) is 9.67. The van der Waals surface area contributed by atoms with Crippen LogP contribution in [-0.2, 0) is 11.2 Å². The monoisotopic (exact) mass is 391 g/mol. The smallest absolute Gasteiger partial charge is 0.159 e. The molecule has 0 aliphatic heterocycles. The third-order valence-corrected chi connectivity index (χ3v) is 4.22. The summed E-state index contributed by atoms with van der Waals surface area (Å²) < 4.78 is 6.70. The van der Waals surface area contributed by atoms with Crippen LogP contribution in [0.5, 0.6) is 0 Å². The highest BCUT2D eigenvalue weighted by Gasteiger charge is 2.18. The summed E-state index contributed by atoms with van der Waals surface area (Å²) in [6.07, 6.45) is 5.17. The Bertz CT molecular complexity index is 412. The number of hydrogen-bond donors (Lipinski definition) is 1. The molecule has 114 valence electrons. The summed E-state index contributed by atoms with van der Waals surface area (Å²) in [7, 11) is 1.74. The van der Waals surface area contributed by atoms with Crippen LogP contribution in [0.3, 0.4) is 0 Å². The molecule has 0 amide bonds. The molecule has 1 aromatic heterocycles. The number of nitrogens with zero attached hydrogens (tertiary/aromatic N) is 2. The van der Waals surface area contributed by atoms with Crippen LogP contribution in [0.2, 0.25) is 0 Å². The van der Waals surface area contributed by atoms with Gasteiger partial charge < -0.3 is 10.1 Å². The van der Waals surface area contributed by atoms with Gasteiger partial charge in [0, 0.05) is 13.7 Å². The van der Waals surface area contributed by atoms with Crippen LogP contribution in [0.4, 0.5) is 5.82 Å². The van der Waals surface area contributed by atoms with Crippen molar-refractivity contribution in [3.05, 3.63) is 15.1 Å². The molecule has 1 rings (SSSR count). The summed E-state index contributed by atoms with van der Waals surface area (Å²) in [5.74, 6) is 1.77. The molecule has 0 saturated carbocycles. The Kier molecular flexibility index (Phi) is 8.37. The first-order valence-corrected chi connectivity index (χ1v) is 8.58. The largest absolute Gasteiger partial charge is 0.373 e. The minimum atomic E-state index is -0.00483. The Morgan fingerprint density at radius 3 is 2.45 bits per heavy atom. The number of nitrogens with one attached hydrogen (secondary N) is 1. The first-order valence-electron chi connectivity index (χ1n) is 7.50. The van der Waals surface area contributed by atoms with E-state index in [1.807, 2.05) is 0 Å². The lowest BCUT2D eigenvalue weighted by Gasteiger charge is -2.17. The van der Waals surface area contributed by atoms with E-state index in [2.05, 4.69) is 53.7 Å². The molecule has 1 atom stereocenters. The van der Waals surface area contributed by atoms with Gasteiger partial charge in [0.2, 0.25) is 0 Å². The quantitative estimate of drug-likeness (QED) is 0.636. The molecule has 5 heteroatoms. The van der Waals surface area contributed by atoms with Gasteiger partial charge in [-0.1, -0.05) is 33.6 Å². The molecule has 1 unspecified atom stereocenters. The average Bonchev–Trinajstić information content (AvgIpc) is 2.46. The van der Waals surface area contributed by atoms with Gasteiger partial charge in [0.15, 0.2) is 5.82 Å². The van der Waals surface area contributed by atoms with Crippen LogP contribution in [0, 0.1) is 3.57 Å². The van der Waals surface area contributed by atoms with Crippen molar-refractivity contribution in [2.24, 2.45) is 0 Å². The lowest BCUT2D eigenvalue weighted by atomic mass is 10.2. The molecule has 1 N–H and O–H groups in total. The fraction of sp³-hybridized carbons (Fsp3) is 0.733. The second kappa shape index (κ2) is 9.50. The SMILES string of the molecule is CCCNc1nc(C(CCC)OC)nc(CCC)c1I. The summed E-state index contributed by atoms with van der Waals surface area (Å²) in [4.78, 5) is 9.42. The van der Waals surface area contributed by atoms with E-state index in [4.69, 9.17) is 9.72 Å². The van der Waals surface area contributed by atoms with Gasteiger partial charge in [-0.15, -0.1) is 0 Å². The zero-order valence-electron chi connectivity index (χ0n) is 13.0. The van der Waals surface area contributed by atoms with Crippen molar-refractivity contribution < 1.29 is 4.74 Å². The standard InChI is InChI=1S/C15H26IN3O/c1-5-8-11-13(16)15(17-10-7-3)19-14(18-11)12(20-4)9-6-2/h12H,5-10H2,1-4H3,(H,17,18,19). The van der Waals surface area contributed by atoms with Gasteiger partial charge >= 0.3 is 0 Å². The van der Waals surface area contributed by atoms with Gasteiger partial charge in [-0.2, -0.15) is 0 Å². The molecule has 0 aromatic carbocycles. The van der Waals surface area contributed by atoms with Crippen molar-refractivity contribution in [2.45, 2.75) is 59.0 Å². The van der Waals surface area contributed by atoms with Crippen LogP contribution >= 0.6 is 22.6 Å². The molecule has 1 heterocycles. The predicted octanol–water partition coefficient (Wildman–Crippen LogP) is 4.34. The van der Waals surface area contributed by atoms with Gasteiger partial charge in [-0.05, 0) is 41.9 Å². The highest BCUT2D eigenvalue weighted by atomic mass is 127. The molecule has 0 spiro atoms. The van der Waals surface area contributed by atoms with Gasteiger partial charge in [0.25, 0.3) is 0 Å². The van der Waals surface area contributed by atoms with Crippen LogP contribution in [0.1, 0.15) is 64.1 Å². The Balaban J connectivity index is 3.12. The van der Waals surface area contributed by atoms with Crippen molar-refractivity contribution in [1.82, 2.24) is 9.97 Å². The summed E-state index contributed by atoms with van der Waals surface area (Å²) in [5, 5.41) is 3.41. The first kappa shape index (κ1) is 17.6. The van der Waals surface area contributed by atoms with Crippen LogP contribution < -0.4 is 5.32 Å². The summed E-state index contributed by atoms with van der Waals surface area (Å²) >= 11 is 2.35. The average molecular weight is 391 g/mol. The molecule has 0 radical (unpaired) electrons. The summed E-state index contributed by atoms with van der Waals surface area (Å²) in [6, 6.07) is 0. The number of ether oxygens (including phenoxy) is 1. The number of rotatable bonds is 9. The topological polar surface area (TPSA) is 47.0 Å². The lowest BCUT2D eigenvalue weighted by Crippen LogP contribution is -2.14. The molecule has 1 aromatic rings. The van der Waals surface area contributed by atoms with Gasteiger partial charge in [-0.25, -0.2) is 9.97 Å². The van der Waals surface area contributed by atoms with Crippen LogP contribution in [-0.4, -0.2) is 23.6 Å². The molecular weight excluding hydrogens is 365 g/mol. The van der Waals surface area contributed by atoms with Gasteiger partial charge in [0.1, 0.15) is 11.9 Å². The predicted molar refractivity (Wildman–Crippen MR) is 92.2 cm³/mol. The molecule has 0 bridgehead atoms. The molecule has 4 nitrogen and oxygen atoms in total. The highest BCUT2D eigenvalue weighted by molar-refractivity contribution is 14.1. The Labute approximate surface area is 136 Å². The molecule has 0 fully saturated rings. The van der Waals surface area contributed by atoms with E-state index < -0.39 is 0 Å². The Morgan fingerprint density at radius 1 is 1.15 bits per heavy atom. The van der Waals surface area contributed by atoms with Crippen molar-refractivity contribution in [3.63, 3.8) is 0 Å². The van der Waals surface area contributed by atoms with E-state index in [-0.39, 0.29) is 6.10 Å².